The van der Waals surface area contributed by atoms with Gasteiger partial charge in [-0.1, -0.05) is 18.0 Å². The highest BCUT2D eigenvalue weighted by atomic mass is 79.9. The van der Waals surface area contributed by atoms with Gasteiger partial charge in [-0.05, 0) is 53.7 Å². The summed E-state index contributed by atoms with van der Waals surface area (Å²) in [4.78, 5) is 22.1. The molecule has 2 aliphatic rings. The summed E-state index contributed by atoms with van der Waals surface area (Å²) in [6, 6.07) is 3.35. The van der Waals surface area contributed by atoms with Gasteiger partial charge in [-0.3, -0.25) is 4.90 Å². The second kappa shape index (κ2) is 6.25. The van der Waals surface area contributed by atoms with Crippen molar-refractivity contribution in [1.82, 2.24) is 0 Å². The number of carboxylic acid groups (broad SMARTS) is 1. The number of carboxylic acids is 1. The average molecular weight is 415 g/mol. The number of rotatable bonds is 2. The summed E-state index contributed by atoms with van der Waals surface area (Å²) in [6.45, 7) is 0. The van der Waals surface area contributed by atoms with Crippen molar-refractivity contribution in [2.24, 2.45) is 21.5 Å². The van der Waals surface area contributed by atoms with Crippen LogP contribution in [0.5, 0.6) is 0 Å². The molecule has 1 saturated carbocycles. The second-order valence-corrected chi connectivity index (χ2v) is 7.11. The van der Waals surface area contributed by atoms with Crippen molar-refractivity contribution in [3.8, 4) is 0 Å². The number of nitrogens with two attached hydrogens (primary N) is 2. The van der Waals surface area contributed by atoms with Crippen molar-refractivity contribution in [2.75, 3.05) is 4.90 Å². The maximum Gasteiger partial charge on any atom is 0.339 e. The maximum atomic E-state index is 11.8. The molecule has 9 heteroatoms. The minimum atomic E-state index is -1.14. The molecule has 0 bridgehead atoms. The Morgan fingerprint density at radius 3 is 2.58 bits per heavy atom. The predicted octanol–water partition coefficient (Wildman–Crippen LogP) is 2.91. The molecule has 0 radical (unpaired) electrons. The van der Waals surface area contributed by atoms with Crippen LogP contribution in [-0.4, -0.2) is 28.7 Å². The molecule has 7 nitrogen and oxygen atoms in total. The van der Waals surface area contributed by atoms with Crippen molar-refractivity contribution >= 4 is 51.1 Å². The Kier molecular flexibility index (Phi) is 4.44. The van der Waals surface area contributed by atoms with Gasteiger partial charge in [0.25, 0.3) is 0 Å². The quantitative estimate of drug-likeness (QED) is 0.688. The fourth-order valence-corrected chi connectivity index (χ4v) is 3.97. The molecule has 1 aliphatic carbocycles. The number of hydrogen-bond acceptors (Lipinski definition) is 6. The van der Waals surface area contributed by atoms with Crippen LogP contribution in [0.25, 0.3) is 0 Å². The van der Waals surface area contributed by atoms with Gasteiger partial charge in [-0.25, -0.2) is 9.79 Å². The third-order valence-corrected chi connectivity index (χ3v) is 5.66. The summed E-state index contributed by atoms with van der Waals surface area (Å²) in [6.07, 6.45) is 4.43. The van der Waals surface area contributed by atoms with Crippen molar-refractivity contribution in [3.05, 3.63) is 27.2 Å². The Labute approximate surface area is 152 Å². The second-order valence-electron chi connectivity index (χ2n) is 5.88. The van der Waals surface area contributed by atoms with E-state index in [9.17, 15) is 9.90 Å². The number of benzene rings is 1. The van der Waals surface area contributed by atoms with Crippen molar-refractivity contribution in [3.63, 3.8) is 0 Å². The van der Waals surface area contributed by atoms with E-state index >= 15 is 0 Å². The molecule has 3 rings (SSSR count). The predicted molar refractivity (Wildman–Crippen MR) is 97.7 cm³/mol. The van der Waals surface area contributed by atoms with E-state index in [-0.39, 0.29) is 22.5 Å². The number of hydrogen-bond donors (Lipinski definition) is 3. The largest absolute Gasteiger partial charge is 0.478 e. The van der Waals surface area contributed by atoms with E-state index in [2.05, 4.69) is 25.9 Å². The van der Waals surface area contributed by atoms with Gasteiger partial charge < -0.3 is 16.6 Å². The van der Waals surface area contributed by atoms with Gasteiger partial charge in [-0.15, -0.1) is 0 Å². The molecule has 24 heavy (non-hydrogen) atoms. The Morgan fingerprint density at radius 1 is 1.29 bits per heavy atom. The van der Waals surface area contributed by atoms with Gasteiger partial charge in [0.2, 0.25) is 11.9 Å². The van der Waals surface area contributed by atoms with Crippen molar-refractivity contribution < 1.29 is 9.90 Å². The zero-order valence-electron chi connectivity index (χ0n) is 12.8. The van der Waals surface area contributed by atoms with Gasteiger partial charge in [0.05, 0.1) is 10.7 Å². The SMILES string of the molecule is NC1=NC2(CCCCC2)N(c2ccc(Br)c(Cl)c2C(=O)O)C(N)=N1. The Bertz CT molecular complexity index is 758. The maximum absolute atomic E-state index is 11.8. The number of aromatic carboxylic acids is 1. The summed E-state index contributed by atoms with van der Waals surface area (Å²) in [5.41, 5.74) is 11.6. The molecular weight excluding hydrogens is 398 g/mol. The van der Waals surface area contributed by atoms with Gasteiger partial charge in [0.15, 0.2) is 0 Å². The molecule has 0 atom stereocenters. The highest BCUT2D eigenvalue weighted by Crippen LogP contribution is 2.43. The molecule has 0 aromatic heterocycles. The van der Waals surface area contributed by atoms with Crippen LogP contribution in [0.3, 0.4) is 0 Å². The third-order valence-electron chi connectivity index (χ3n) is 4.38. The molecule has 1 fully saturated rings. The van der Waals surface area contributed by atoms with Crippen molar-refractivity contribution in [1.29, 1.82) is 0 Å². The fourth-order valence-electron chi connectivity index (χ4n) is 3.40. The van der Waals surface area contributed by atoms with E-state index in [1.54, 1.807) is 17.0 Å². The van der Waals surface area contributed by atoms with Gasteiger partial charge >= 0.3 is 5.97 Å². The number of anilines is 1. The first-order chi connectivity index (χ1) is 11.4. The summed E-state index contributed by atoms with van der Waals surface area (Å²) >= 11 is 9.48. The normalized spacial score (nSPS) is 19.8. The summed E-state index contributed by atoms with van der Waals surface area (Å²) < 4.78 is 0.499. The molecule has 1 aromatic carbocycles. The number of nitrogens with zero attached hydrogens (tertiary/aromatic N) is 3. The minimum Gasteiger partial charge on any atom is -0.478 e. The monoisotopic (exact) mass is 413 g/mol. The molecule has 128 valence electrons. The van der Waals surface area contributed by atoms with E-state index in [0.29, 0.717) is 10.2 Å². The highest BCUT2D eigenvalue weighted by Gasteiger charge is 2.44. The van der Waals surface area contributed by atoms with Crippen LogP contribution in [0.1, 0.15) is 42.5 Å². The molecule has 5 N–H and O–H groups in total. The van der Waals surface area contributed by atoms with E-state index in [1.807, 2.05) is 0 Å². The first-order valence-electron chi connectivity index (χ1n) is 7.57. The average Bonchev–Trinajstić information content (AvgIpc) is 2.50. The first kappa shape index (κ1) is 17.0. The van der Waals surface area contributed by atoms with Crippen LogP contribution in [0, 0.1) is 0 Å². The molecule has 1 spiro atoms. The van der Waals surface area contributed by atoms with Crippen LogP contribution >= 0.6 is 27.5 Å². The molecule has 0 saturated heterocycles. The third kappa shape index (κ3) is 2.73. The summed E-state index contributed by atoms with van der Waals surface area (Å²) in [5, 5.41) is 9.77. The van der Waals surface area contributed by atoms with Crippen LogP contribution in [0.15, 0.2) is 26.6 Å². The Hall–Kier alpha value is -1.80. The van der Waals surface area contributed by atoms with Crippen LogP contribution in [-0.2, 0) is 0 Å². The molecule has 0 amide bonds. The molecule has 1 aliphatic heterocycles. The lowest BCUT2D eigenvalue weighted by Crippen LogP contribution is -2.58. The molecular formula is C15H17BrClN5O2. The lowest BCUT2D eigenvalue weighted by Gasteiger charge is -2.46. The Balaban J connectivity index is 2.21. The minimum absolute atomic E-state index is 0.0372. The lowest BCUT2D eigenvalue weighted by molar-refractivity contribution is 0.0697. The molecule has 1 aromatic rings. The van der Waals surface area contributed by atoms with Crippen molar-refractivity contribution in [2.45, 2.75) is 37.8 Å². The Morgan fingerprint density at radius 2 is 1.96 bits per heavy atom. The van der Waals surface area contributed by atoms with E-state index in [0.717, 1.165) is 32.1 Å². The summed E-state index contributed by atoms with van der Waals surface area (Å²) in [5.74, 6) is -0.895. The first-order valence-corrected chi connectivity index (χ1v) is 8.74. The van der Waals surface area contributed by atoms with Gasteiger partial charge in [0, 0.05) is 4.47 Å². The number of aliphatic imine (C=N–C) groups is 2. The van der Waals surface area contributed by atoms with Crippen LogP contribution in [0.4, 0.5) is 5.69 Å². The molecule has 1 heterocycles. The van der Waals surface area contributed by atoms with Gasteiger partial charge in [-0.2, -0.15) is 4.99 Å². The van der Waals surface area contributed by atoms with Crippen LogP contribution in [0.2, 0.25) is 5.02 Å². The van der Waals surface area contributed by atoms with E-state index in [4.69, 9.17) is 23.1 Å². The summed E-state index contributed by atoms with van der Waals surface area (Å²) in [7, 11) is 0. The zero-order valence-corrected chi connectivity index (χ0v) is 15.1. The standard InChI is InChI=1S/C15H17BrClN5O2/c16-8-4-5-9(10(11(8)17)12(23)24)22-14(19)20-13(18)21-15(22)6-2-1-3-7-15/h4-5H,1-3,6-7H2,(H,23,24)(H4,18,19,20,21). The van der Waals surface area contributed by atoms with E-state index < -0.39 is 11.6 Å². The number of guanidine groups is 2. The number of carbonyl (C=O) groups is 1. The lowest BCUT2D eigenvalue weighted by atomic mass is 9.87. The number of halogens is 2. The smallest absolute Gasteiger partial charge is 0.339 e. The highest BCUT2D eigenvalue weighted by molar-refractivity contribution is 9.10. The van der Waals surface area contributed by atoms with Gasteiger partial charge in [0.1, 0.15) is 11.2 Å². The topological polar surface area (TPSA) is 117 Å². The van der Waals surface area contributed by atoms with E-state index in [1.165, 1.54) is 0 Å². The zero-order chi connectivity index (χ0) is 17.5. The molecule has 0 unspecified atom stereocenters. The fraction of sp³-hybridized carbons (Fsp3) is 0.400. The van der Waals surface area contributed by atoms with Crippen LogP contribution < -0.4 is 16.4 Å².